The summed E-state index contributed by atoms with van der Waals surface area (Å²) in [5.41, 5.74) is 3.33. The molecular weight excluding hydrogens is 354 g/mol. The van der Waals surface area contributed by atoms with Gasteiger partial charge in [0.1, 0.15) is 11.8 Å². The largest absolute Gasteiger partial charge is 0.497 e. The smallest absolute Gasteiger partial charge is 0.327 e. The van der Waals surface area contributed by atoms with Crippen LogP contribution in [0.1, 0.15) is 22.7 Å². The summed E-state index contributed by atoms with van der Waals surface area (Å²) in [5.74, 6) is 0.685. The second-order valence-corrected chi connectivity index (χ2v) is 7.60. The number of imide groups is 1. The fourth-order valence-electron chi connectivity index (χ4n) is 4.11. The molecule has 2 aliphatic rings. The Labute approximate surface area is 165 Å². The molecule has 0 saturated carbocycles. The first-order valence-corrected chi connectivity index (χ1v) is 9.48. The second-order valence-electron chi connectivity index (χ2n) is 7.60. The van der Waals surface area contributed by atoms with Gasteiger partial charge in [-0.15, -0.1) is 0 Å². The van der Waals surface area contributed by atoms with Gasteiger partial charge in [-0.2, -0.15) is 0 Å². The Hall–Kier alpha value is -2.86. The zero-order valence-electron chi connectivity index (χ0n) is 16.5. The number of benzene rings is 2. The van der Waals surface area contributed by atoms with Gasteiger partial charge < -0.3 is 14.5 Å². The third kappa shape index (κ3) is 3.14. The Kier molecular flexibility index (Phi) is 4.81. The molecule has 1 fully saturated rings. The molecule has 0 aliphatic carbocycles. The molecule has 0 aromatic heterocycles. The zero-order chi connectivity index (χ0) is 19.8. The third-order valence-electron chi connectivity index (χ3n) is 5.76. The van der Waals surface area contributed by atoms with Gasteiger partial charge in [0, 0.05) is 13.0 Å². The molecule has 2 unspecified atom stereocenters. The van der Waals surface area contributed by atoms with Gasteiger partial charge >= 0.3 is 6.03 Å². The molecule has 2 atom stereocenters. The number of methoxy groups -OCH3 is 1. The van der Waals surface area contributed by atoms with Crippen molar-refractivity contribution in [3.63, 3.8) is 0 Å². The van der Waals surface area contributed by atoms with Crippen LogP contribution >= 0.6 is 0 Å². The number of ether oxygens (including phenoxy) is 1. The molecule has 0 radical (unpaired) electrons. The maximum absolute atomic E-state index is 13.1. The predicted octanol–water partition coefficient (Wildman–Crippen LogP) is 2.69. The summed E-state index contributed by atoms with van der Waals surface area (Å²) in [4.78, 5) is 31.3. The van der Waals surface area contributed by atoms with E-state index in [1.165, 1.54) is 4.90 Å². The number of hydrogen-bond donors (Lipinski definition) is 0. The van der Waals surface area contributed by atoms with E-state index in [0.717, 1.165) is 22.4 Å². The van der Waals surface area contributed by atoms with Gasteiger partial charge in [-0.3, -0.25) is 9.69 Å². The van der Waals surface area contributed by atoms with Crippen LogP contribution in [-0.4, -0.2) is 60.4 Å². The zero-order valence-corrected chi connectivity index (χ0v) is 16.5. The van der Waals surface area contributed by atoms with Crippen molar-refractivity contribution in [2.45, 2.75) is 25.0 Å². The number of fused-ring (bicyclic) bond motifs is 2. The SMILES string of the molecule is COc1ccc(C(CN2C(=O)C3Cc4ccccc4CN3C2=O)N(C)C)cc1. The molecular formula is C22H25N3O3. The van der Waals surface area contributed by atoms with Crippen molar-refractivity contribution in [2.75, 3.05) is 27.7 Å². The van der Waals surface area contributed by atoms with Crippen LogP contribution < -0.4 is 4.74 Å². The molecule has 0 N–H and O–H groups in total. The van der Waals surface area contributed by atoms with Gasteiger partial charge in [0.25, 0.3) is 5.91 Å². The van der Waals surface area contributed by atoms with E-state index in [-0.39, 0.29) is 24.0 Å². The Balaban J connectivity index is 1.57. The third-order valence-corrected chi connectivity index (χ3v) is 5.76. The van der Waals surface area contributed by atoms with Gasteiger partial charge in [-0.05, 0) is 42.9 Å². The van der Waals surface area contributed by atoms with Crippen molar-refractivity contribution in [1.82, 2.24) is 14.7 Å². The van der Waals surface area contributed by atoms with E-state index in [2.05, 4.69) is 0 Å². The molecule has 2 aromatic carbocycles. The molecule has 146 valence electrons. The topological polar surface area (TPSA) is 53.1 Å². The van der Waals surface area contributed by atoms with Crippen LogP contribution in [0.3, 0.4) is 0 Å². The number of amides is 3. The van der Waals surface area contributed by atoms with E-state index in [1.807, 2.05) is 67.5 Å². The number of nitrogens with zero attached hydrogens (tertiary/aromatic N) is 3. The summed E-state index contributed by atoms with van der Waals surface area (Å²) in [5, 5.41) is 0. The number of carbonyl (C=O) groups is 2. The standard InChI is InChI=1S/C22H25N3O3/c1-23(2)20(15-8-10-18(28-3)11-9-15)14-25-21(26)19-12-16-6-4-5-7-17(16)13-24(19)22(25)27/h4-11,19-20H,12-14H2,1-3H3. The molecule has 6 heteroatoms. The Morgan fingerprint density at radius 2 is 1.75 bits per heavy atom. The van der Waals surface area contributed by atoms with Crippen molar-refractivity contribution in [1.29, 1.82) is 0 Å². The van der Waals surface area contributed by atoms with E-state index >= 15 is 0 Å². The fourth-order valence-corrected chi connectivity index (χ4v) is 4.11. The number of carbonyl (C=O) groups excluding carboxylic acids is 2. The van der Waals surface area contributed by atoms with Gasteiger partial charge in [-0.1, -0.05) is 36.4 Å². The monoisotopic (exact) mass is 379 g/mol. The van der Waals surface area contributed by atoms with Crippen molar-refractivity contribution in [3.05, 3.63) is 65.2 Å². The Morgan fingerprint density at radius 1 is 1.07 bits per heavy atom. The van der Waals surface area contributed by atoms with Crippen LogP contribution in [0.25, 0.3) is 0 Å². The van der Waals surface area contributed by atoms with E-state index in [1.54, 1.807) is 12.0 Å². The lowest BCUT2D eigenvalue weighted by Crippen LogP contribution is -2.40. The summed E-state index contributed by atoms with van der Waals surface area (Å²) < 4.78 is 5.23. The highest BCUT2D eigenvalue weighted by Gasteiger charge is 2.47. The molecule has 0 spiro atoms. The average Bonchev–Trinajstić information content (AvgIpc) is 2.94. The quantitative estimate of drug-likeness (QED) is 0.750. The molecule has 28 heavy (non-hydrogen) atoms. The highest BCUT2D eigenvalue weighted by Crippen LogP contribution is 2.32. The number of hydrogen-bond acceptors (Lipinski definition) is 4. The molecule has 4 rings (SSSR count). The maximum Gasteiger partial charge on any atom is 0.327 e. The maximum atomic E-state index is 13.1. The Morgan fingerprint density at radius 3 is 2.39 bits per heavy atom. The lowest BCUT2D eigenvalue weighted by molar-refractivity contribution is -0.129. The normalized spacial score (nSPS) is 19.6. The summed E-state index contributed by atoms with van der Waals surface area (Å²) in [6, 6.07) is 15.2. The van der Waals surface area contributed by atoms with Crippen molar-refractivity contribution < 1.29 is 14.3 Å². The lowest BCUT2D eigenvalue weighted by Gasteiger charge is -2.29. The summed E-state index contributed by atoms with van der Waals surface area (Å²) in [6.07, 6.45) is 0.590. The molecule has 1 saturated heterocycles. The van der Waals surface area contributed by atoms with E-state index in [9.17, 15) is 9.59 Å². The minimum atomic E-state index is -0.388. The molecule has 2 aromatic rings. The van der Waals surface area contributed by atoms with Crippen molar-refractivity contribution in [3.8, 4) is 5.75 Å². The van der Waals surface area contributed by atoms with Gasteiger partial charge in [0.2, 0.25) is 0 Å². The van der Waals surface area contributed by atoms with Crippen molar-refractivity contribution in [2.24, 2.45) is 0 Å². The van der Waals surface area contributed by atoms with Crippen LogP contribution in [-0.2, 0) is 17.8 Å². The lowest BCUT2D eigenvalue weighted by atomic mass is 9.95. The van der Waals surface area contributed by atoms with Crippen LogP contribution in [0.5, 0.6) is 5.75 Å². The van der Waals surface area contributed by atoms with Crippen LogP contribution in [0.2, 0.25) is 0 Å². The first-order chi connectivity index (χ1) is 13.5. The van der Waals surface area contributed by atoms with E-state index in [0.29, 0.717) is 19.5 Å². The molecule has 3 amide bonds. The number of rotatable bonds is 5. The molecule has 2 aliphatic heterocycles. The van der Waals surface area contributed by atoms with Crippen LogP contribution in [0.15, 0.2) is 48.5 Å². The minimum absolute atomic E-state index is 0.0810. The predicted molar refractivity (Wildman–Crippen MR) is 106 cm³/mol. The van der Waals surface area contributed by atoms with Gasteiger partial charge in [0.15, 0.2) is 0 Å². The summed E-state index contributed by atoms with van der Waals surface area (Å²) >= 11 is 0. The van der Waals surface area contributed by atoms with Gasteiger partial charge in [0.05, 0.1) is 19.7 Å². The molecule has 0 bridgehead atoms. The highest BCUT2D eigenvalue weighted by atomic mass is 16.5. The van der Waals surface area contributed by atoms with E-state index < -0.39 is 0 Å². The number of urea groups is 1. The Bertz CT molecular complexity index is 851. The summed E-state index contributed by atoms with van der Waals surface area (Å²) in [6.45, 7) is 0.831. The van der Waals surface area contributed by atoms with E-state index in [4.69, 9.17) is 4.74 Å². The minimum Gasteiger partial charge on any atom is -0.497 e. The first-order valence-electron chi connectivity index (χ1n) is 9.48. The highest BCUT2D eigenvalue weighted by molar-refractivity contribution is 6.04. The molecule has 6 nitrogen and oxygen atoms in total. The summed E-state index contributed by atoms with van der Waals surface area (Å²) in [7, 11) is 5.56. The number of likely N-dealkylation sites (N-methyl/N-ethyl adjacent to an activating group) is 1. The van der Waals surface area contributed by atoms with Crippen LogP contribution in [0, 0.1) is 0 Å². The second kappa shape index (κ2) is 7.28. The average molecular weight is 379 g/mol. The van der Waals surface area contributed by atoms with Gasteiger partial charge in [-0.25, -0.2) is 4.79 Å². The first kappa shape index (κ1) is 18.5. The van der Waals surface area contributed by atoms with Crippen LogP contribution in [0.4, 0.5) is 4.79 Å². The molecule has 2 heterocycles. The fraction of sp³-hybridized carbons (Fsp3) is 0.364. The van der Waals surface area contributed by atoms with Crippen molar-refractivity contribution >= 4 is 11.9 Å².